The fourth-order valence-electron chi connectivity index (χ4n) is 2.28. The lowest BCUT2D eigenvalue weighted by Crippen LogP contribution is -2.04. The van der Waals surface area contributed by atoms with Crippen LogP contribution in [0.2, 0.25) is 0 Å². The predicted octanol–water partition coefficient (Wildman–Crippen LogP) is 1.91. The van der Waals surface area contributed by atoms with Gasteiger partial charge in [0.25, 0.3) is 0 Å². The first-order chi connectivity index (χ1) is 9.38. The first-order valence-corrected chi connectivity index (χ1v) is 6.53. The van der Waals surface area contributed by atoms with E-state index in [1.165, 1.54) is 0 Å². The number of hydrogen-bond acceptors (Lipinski definition) is 5. The summed E-state index contributed by atoms with van der Waals surface area (Å²) < 4.78 is 10.9. The summed E-state index contributed by atoms with van der Waals surface area (Å²) in [6.45, 7) is 0.764. The molecule has 1 N–H and O–H groups in total. The van der Waals surface area contributed by atoms with E-state index in [4.69, 9.17) is 14.4 Å². The molecule has 2 heterocycles. The van der Waals surface area contributed by atoms with E-state index in [0.717, 1.165) is 24.2 Å². The number of aromatic nitrogens is 2. The maximum absolute atomic E-state index is 8.75. The van der Waals surface area contributed by atoms with Gasteiger partial charge in [-0.25, -0.2) is 0 Å². The second-order valence-electron chi connectivity index (χ2n) is 4.63. The van der Waals surface area contributed by atoms with E-state index >= 15 is 0 Å². The molecule has 1 atom stereocenters. The molecule has 0 fully saturated rings. The van der Waals surface area contributed by atoms with Crippen molar-refractivity contribution in [1.29, 1.82) is 0 Å². The van der Waals surface area contributed by atoms with Crippen LogP contribution >= 0.6 is 0 Å². The van der Waals surface area contributed by atoms with E-state index in [2.05, 4.69) is 10.1 Å². The summed E-state index contributed by atoms with van der Waals surface area (Å²) in [5.41, 5.74) is 1.12. The summed E-state index contributed by atoms with van der Waals surface area (Å²) in [5, 5.41) is 12.8. The molecule has 0 spiro atoms. The van der Waals surface area contributed by atoms with Crippen LogP contribution in [0.3, 0.4) is 0 Å². The van der Waals surface area contributed by atoms with Crippen molar-refractivity contribution in [2.45, 2.75) is 25.2 Å². The quantitative estimate of drug-likeness (QED) is 0.832. The molecule has 2 aromatic rings. The average molecular weight is 260 g/mol. The molecule has 0 aliphatic carbocycles. The number of aliphatic hydroxyl groups excluding tert-OH is 1. The van der Waals surface area contributed by atoms with E-state index in [1.54, 1.807) is 0 Å². The van der Waals surface area contributed by atoms with E-state index in [9.17, 15) is 0 Å². The molecule has 1 unspecified atom stereocenters. The number of nitrogens with zero attached hydrogens (tertiary/aromatic N) is 2. The highest BCUT2D eigenvalue weighted by Crippen LogP contribution is 2.36. The number of para-hydroxylation sites is 1. The van der Waals surface area contributed by atoms with Crippen LogP contribution in [0.15, 0.2) is 28.8 Å². The average Bonchev–Trinajstić information content (AvgIpc) is 3.05. The van der Waals surface area contributed by atoms with Gasteiger partial charge in [0.2, 0.25) is 5.89 Å². The smallest absolute Gasteiger partial charge is 0.226 e. The first-order valence-electron chi connectivity index (χ1n) is 6.53. The fourth-order valence-corrected chi connectivity index (χ4v) is 2.28. The van der Waals surface area contributed by atoms with E-state index < -0.39 is 0 Å². The van der Waals surface area contributed by atoms with Crippen LogP contribution in [-0.2, 0) is 6.42 Å². The molecule has 1 aliphatic rings. The Morgan fingerprint density at radius 2 is 2.16 bits per heavy atom. The van der Waals surface area contributed by atoms with Crippen LogP contribution in [0, 0.1) is 0 Å². The third kappa shape index (κ3) is 2.46. The lowest BCUT2D eigenvalue weighted by atomic mass is 10.0. The summed E-state index contributed by atoms with van der Waals surface area (Å²) in [6, 6.07) is 7.94. The molecule has 0 radical (unpaired) electrons. The van der Waals surface area contributed by atoms with Crippen molar-refractivity contribution in [3.8, 4) is 5.75 Å². The number of hydrogen-bond donors (Lipinski definition) is 1. The minimum atomic E-state index is 0.0616. The molecule has 1 aliphatic heterocycles. The molecule has 5 nitrogen and oxygen atoms in total. The Morgan fingerprint density at radius 3 is 3.05 bits per heavy atom. The fraction of sp³-hybridized carbons (Fsp3) is 0.429. The molecule has 19 heavy (non-hydrogen) atoms. The van der Waals surface area contributed by atoms with Gasteiger partial charge in [0, 0.05) is 18.6 Å². The second kappa shape index (κ2) is 5.40. The molecule has 0 saturated heterocycles. The Labute approximate surface area is 111 Å². The summed E-state index contributed by atoms with van der Waals surface area (Å²) >= 11 is 0. The molecule has 100 valence electrons. The first kappa shape index (κ1) is 12.2. The van der Waals surface area contributed by atoms with Crippen molar-refractivity contribution in [2.75, 3.05) is 13.2 Å². The molecule has 1 aromatic carbocycles. The van der Waals surface area contributed by atoms with E-state index in [-0.39, 0.29) is 12.5 Å². The summed E-state index contributed by atoms with van der Waals surface area (Å²) in [7, 11) is 0. The van der Waals surface area contributed by atoms with Crippen LogP contribution in [-0.4, -0.2) is 28.5 Å². The number of aliphatic hydroxyl groups is 1. The Bertz CT molecular complexity index is 553. The zero-order chi connectivity index (χ0) is 13.1. The van der Waals surface area contributed by atoms with Gasteiger partial charge in [0.1, 0.15) is 12.4 Å². The predicted molar refractivity (Wildman–Crippen MR) is 68.1 cm³/mol. The van der Waals surface area contributed by atoms with Crippen molar-refractivity contribution >= 4 is 0 Å². The van der Waals surface area contributed by atoms with E-state index in [1.807, 2.05) is 24.3 Å². The molecular formula is C14H16N2O3. The zero-order valence-electron chi connectivity index (χ0n) is 10.6. The van der Waals surface area contributed by atoms with Gasteiger partial charge >= 0.3 is 0 Å². The SMILES string of the molecule is OCCCCc1nc(C2COc3ccccc32)no1. The van der Waals surface area contributed by atoms with Crippen molar-refractivity contribution in [2.24, 2.45) is 0 Å². The molecule has 0 amide bonds. The van der Waals surface area contributed by atoms with Crippen LogP contribution in [0.4, 0.5) is 0 Å². The van der Waals surface area contributed by atoms with Gasteiger partial charge in [-0.3, -0.25) is 0 Å². The lowest BCUT2D eigenvalue weighted by molar-refractivity contribution is 0.280. The maximum Gasteiger partial charge on any atom is 0.226 e. The molecule has 1 aromatic heterocycles. The van der Waals surface area contributed by atoms with Crippen molar-refractivity contribution in [3.05, 3.63) is 41.5 Å². The van der Waals surface area contributed by atoms with Gasteiger partial charge in [-0.2, -0.15) is 4.98 Å². The van der Waals surface area contributed by atoms with E-state index in [0.29, 0.717) is 24.7 Å². The Hall–Kier alpha value is -1.88. The molecular weight excluding hydrogens is 244 g/mol. The Morgan fingerprint density at radius 1 is 1.26 bits per heavy atom. The molecule has 5 heteroatoms. The Balaban J connectivity index is 1.74. The topological polar surface area (TPSA) is 68.4 Å². The third-order valence-electron chi connectivity index (χ3n) is 3.29. The molecule has 0 bridgehead atoms. The van der Waals surface area contributed by atoms with Crippen LogP contribution < -0.4 is 4.74 Å². The summed E-state index contributed by atoms with van der Waals surface area (Å²) in [6.07, 6.45) is 2.33. The van der Waals surface area contributed by atoms with Gasteiger partial charge < -0.3 is 14.4 Å². The minimum absolute atomic E-state index is 0.0616. The summed E-state index contributed by atoms with van der Waals surface area (Å²) in [5.74, 6) is 2.28. The number of unbranched alkanes of at least 4 members (excludes halogenated alkanes) is 1. The second-order valence-corrected chi connectivity index (χ2v) is 4.63. The maximum atomic E-state index is 8.75. The number of rotatable bonds is 5. The van der Waals surface area contributed by atoms with Crippen LogP contribution in [0.5, 0.6) is 5.75 Å². The highest BCUT2D eigenvalue weighted by Gasteiger charge is 2.29. The molecule has 0 saturated carbocycles. The number of fused-ring (bicyclic) bond motifs is 1. The number of benzene rings is 1. The van der Waals surface area contributed by atoms with Gasteiger partial charge in [-0.05, 0) is 18.9 Å². The Kier molecular flexibility index (Phi) is 3.46. The monoisotopic (exact) mass is 260 g/mol. The normalized spacial score (nSPS) is 17.2. The highest BCUT2D eigenvalue weighted by molar-refractivity contribution is 5.42. The van der Waals surface area contributed by atoms with Crippen molar-refractivity contribution < 1.29 is 14.4 Å². The lowest BCUT2D eigenvalue weighted by Gasteiger charge is -2.01. The number of ether oxygens (including phenoxy) is 1. The van der Waals surface area contributed by atoms with Crippen molar-refractivity contribution in [1.82, 2.24) is 10.1 Å². The number of aryl methyl sites for hydroxylation is 1. The summed E-state index contributed by atoms with van der Waals surface area (Å²) in [4.78, 5) is 4.42. The van der Waals surface area contributed by atoms with Gasteiger partial charge in [0.05, 0.1) is 5.92 Å². The highest BCUT2D eigenvalue weighted by atomic mass is 16.5. The standard InChI is InChI=1S/C14H16N2O3/c17-8-4-3-7-13-15-14(16-19-13)11-9-18-12-6-2-1-5-10(11)12/h1-2,5-6,11,17H,3-4,7-9H2. The zero-order valence-corrected chi connectivity index (χ0v) is 10.6. The third-order valence-corrected chi connectivity index (χ3v) is 3.29. The van der Waals surface area contributed by atoms with Crippen molar-refractivity contribution in [3.63, 3.8) is 0 Å². The van der Waals surface area contributed by atoms with Gasteiger partial charge in [0.15, 0.2) is 5.82 Å². The minimum Gasteiger partial charge on any atom is -0.492 e. The largest absolute Gasteiger partial charge is 0.492 e. The molecule has 3 rings (SSSR count). The van der Waals surface area contributed by atoms with Gasteiger partial charge in [-0.1, -0.05) is 23.4 Å². The van der Waals surface area contributed by atoms with Crippen LogP contribution in [0.25, 0.3) is 0 Å². The van der Waals surface area contributed by atoms with Gasteiger partial charge in [-0.15, -0.1) is 0 Å². The van der Waals surface area contributed by atoms with Crippen LogP contribution in [0.1, 0.15) is 36.0 Å².